The van der Waals surface area contributed by atoms with Crippen molar-refractivity contribution in [1.29, 1.82) is 0 Å². The van der Waals surface area contributed by atoms with Crippen LogP contribution in [0.25, 0.3) is 0 Å². The van der Waals surface area contributed by atoms with Gasteiger partial charge in [0.25, 0.3) is 0 Å². The van der Waals surface area contributed by atoms with Gasteiger partial charge in [0, 0.05) is 26.7 Å². The van der Waals surface area contributed by atoms with E-state index in [9.17, 15) is 13.2 Å². The average molecular weight is 308 g/mol. The second kappa shape index (κ2) is 5.33. The molecule has 2 fully saturated rings. The first-order chi connectivity index (χ1) is 9.97. The number of amides is 2. The highest BCUT2D eigenvalue weighted by molar-refractivity contribution is 7.92. The van der Waals surface area contributed by atoms with Crippen LogP contribution in [0.15, 0.2) is 30.3 Å². The van der Waals surface area contributed by atoms with Crippen LogP contribution in [-0.2, 0) is 16.4 Å². The lowest BCUT2D eigenvalue weighted by molar-refractivity contribution is 0.169. The Morgan fingerprint density at radius 1 is 1.29 bits per heavy atom. The maximum Gasteiger partial charge on any atom is 0.320 e. The van der Waals surface area contributed by atoms with Gasteiger partial charge < -0.3 is 9.80 Å². The molecule has 6 heteroatoms. The second-order valence-electron chi connectivity index (χ2n) is 5.98. The van der Waals surface area contributed by atoms with Crippen LogP contribution >= 0.6 is 0 Å². The number of rotatable bonds is 2. The van der Waals surface area contributed by atoms with Gasteiger partial charge in [-0.25, -0.2) is 13.2 Å². The van der Waals surface area contributed by atoms with E-state index in [0.717, 1.165) is 5.56 Å². The Balaban J connectivity index is 1.64. The van der Waals surface area contributed by atoms with Crippen LogP contribution in [0.4, 0.5) is 4.79 Å². The summed E-state index contributed by atoms with van der Waals surface area (Å²) in [5, 5.41) is -0.341. The first-order valence-corrected chi connectivity index (χ1v) is 8.94. The lowest BCUT2D eigenvalue weighted by atomic mass is 10.1. The molecule has 0 aromatic heterocycles. The molecule has 2 aliphatic rings. The third-order valence-electron chi connectivity index (χ3n) is 4.48. The number of carbonyl (C=O) groups excluding carboxylic acids is 1. The van der Waals surface area contributed by atoms with Gasteiger partial charge in [0.05, 0.1) is 11.0 Å². The van der Waals surface area contributed by atoms with Crippen LogP contribution in [0.1, 0.15) is 12.0 Å². The van der Waals surface area contributed by atoms with Gasteiger partial charge in [-0.05, 0) is 17.9 Å². The van der Waals surface area contributed by atoms with Crippen LogP contribution in [0.2, 0.25) is 0 Å². The smallest absolute Gasteiger partial charge is 0.320 e. The highest BCUT2D eigenvalue weighted by atomic mass is 32.2. The Morgan fingerprint density at radius 3 is 2.67 bits per heavy atom. The third kappa shape index (κ3) is 2.77. The first-order valence-electron chi connectivity index (χ1n) is 7.23. The minimum Gasteiger partial charge on any atom is -0.323 e. The van der Waals surface area contributed by atoms with E-state index in [2.05, 4.69) is 0 Å². The molecule has 21 heavy (non-hydrogen) atoms. The number of likely N-dealkylation sites (tertiary alicyclic amines) is 1. The fraction of sp³-hybridized carbons (Fsp3) is 0.533. The topological polar surface area (TPSA) is 57.7 Å². The Labute approximate surface area is 125 Å². The van der Waals surface area contributed by atoms with E-state index in [1.165, 1.54) is 0 Å². The number of hydrogen-bond donors (Lipinski definition) is 0. The predicted octanol–water partition coefficient (Wildman–Crippen LogP) is 1.36. The van der Waals surface area contributed by atoms with E-state index >= 15 is 0 Å². The summed E-state index contributed by atoms with van der Waals surface area (Å²) in [6.07, 6.45) is 0.694. The maximum atomic E-state index is 12.4. The van der Waals surface area contributed by atoms with E-state index < -0.39 is 9.84 Å². The van der Waals surface area contributed by atoms with Crippen molar-refractivity contribution in [1.82, 2.24) is 9.80 Å². The molecule has 3 rings (SSSR count). The second-order valence-corrected chi connectivity index (χ2v) is 8.32. The lowest BCUT2D eigenvalue weighted by Gasteiger charge is -2.25. The summed E-state index contributed by atoms with van der Waals surface area (Å²) in [5.41, 5.74) is 1.07. The number of nitrogens with zero attached hydrogens (tertiary/aromatic N) is 2. The minimum atomic E-state index is -2.99. The quantitative estimate of drug-likeness (QED) is 0.829. The molecule has 2 atom stereocenters. The number of urea groups is 1. The van der Waals surface area contributed by atoms with E-state index in [1.54, 1.807) is 16.8 Å². The number of sulfone groups is 1. The summed E-state index contributed by atoms with van der Waals surface area (Å²) in [6, 6.07) is 9.71. The van der Waals surface area contributed by atoms with Crippen molar-refractivity contribution in [3.05, 3.63) is 35.9 Å². The molecule has 0 unspecified atom stereocenters. The summed E-state index contributed by atoms with van der Waals surface area (Å²) in [5.74, 6) is 0.411. The standard InChI is InChI=1S/C15H20N2O3S/c1-16(9-12-5-3-2-4-6-12)15(18)17-10-13-7-8-21(19,20)14(13)11-17/h2-6,13-14H,7-11H2,1H3/t13-,14+/m0/s1. The van der Waals surface area contributed by atoms with Crippen LogP contribution in [0, 0.1) is 5.92 Å². The van der Waals surface area contributed by atoms with E-state index in [0.29, 0.717) is 26.1 Å². The molecular weight excluding hydrogens is 288 g/mol. The molecule has 0 N–H and O–H groups in total. The molecule has 0 saturated carbocycles. The Bertz CT molecular complexity index is 630. The molecule has 1 aromatic carbocycles. The van der Waals surface area contributed by atoms with Crippen LogP contribution in [-0.4, -0.2) is 55.4 Å². The Morgan fingerprint density at radius 2 is 2.00 bits per heavy atom. The zero-order valence-corrected chi connectivity index (χ0v) is 12.9. The zero-order valence-electron chi connectivity index (χ0n) is 12.1. The van der Waals surface area contributed by atoms with Crippen LogP contribution in [0.5, 0.6) is 0 Å². The van der Waals surface area contributed by atoms with Gasteiger partial charge in [0.1, 0.15) is 0 Å². The van der Waals surface area contributed by atoms with Gasteiger partial charge in [-0.15, -0.1) is 0 Å². The number of fused-ring (bicyclic) bond motifs is 1. The molecular formula is C15H20N2O3S. The monoisotopic (exact) mass is 308 g/mol. The molecule has 2 saturated heterocycles. The highest BCUT2D eigenvalue weighted by Gasteiger charge is 2.47. The first kappa shape index (κ1) is 14.4. The fourth-order valence-corrected chi connectivity index (χ4v) is 5.46. The Kier molecular flexibility index (Phi) is 3.65. The predicted molar refractivity (Wildman–Crippen MR) is 80.6 cm³/mol. The van der Waals surface area contributed by atoms with Crippen molar-refractivity contribution in [2.45, 2.75) is 18.2 Å². The van der Waals surface area contributed by atoms with E-state index in [-0.39, 0.29) is 23.0 Å². The summed E-state index contributed by atoms with van der Waals surface area (Å²) >= 11 is 0. The molecule has 0 radical (unpaired) electrons. The van der Waals surface area contributed by atoms with Gasteiger partial charge >= 0.3 is 6.03 Å². The molecule has 1 aromatic rings. The van der Waals surface area contributed by atoms with Crippen molar-refractivity contribution in [3.8, 4) is 0 Å². The molecule has 2 heterocycles. The van der Waals surface area contributed by atoms with Crippen molar-refractivity contribution in [2.75, 3.05) is 25.9 Å². The van der Waals surface area contributed by atoms with Crippen molar-refractivity contribution < 1.29 is 13.2 Å². The Hall–Kier alpha value is -1.56. The number of carbonyl (C=O) groups is 1. The molecule has 0 bridgehead atoms. The highest BCUT2D eigenvalue weighted by Crippen LogP contribution is 2.33. The molecule has 2 amide bonds. The zero-order chi connectivity index (χ0) is 15.0. The maximum absolute atomic E-state index is 12.4. The average Bonchev–Trinajstić information content (AvgIpc) is 3.00. The molecule has 0 spiro atoms. The SMILES string of the molecule is CN(Cc1ccccc1)C(=O)N1C[C@@H]2CCS(=O)(=O)[C@@H]2C1. The molecule has 5 nitrogen and oxygen atoms in total. The van der Waals surface area contributed by atoms with E-state index in [1.807, 2.05) is 30.3 Å². The van der Waals surface area contributed by atoms with Gasteiger partial charge in [-0.2, -0.15) is 0 Å². The summed E-state index contributed by atoms with van der Waals surface area (Å²) in [6.45, 7) is 1.46. The molecule has 114 valence electrons. The minimum absolute atomic E-state index is 0.0801. The van der Waals surface area contributed by atoms with Gasteiger partial charge in [0.2, 0.25) is 0 Å². The van der Waals surface area contributed by atoms with Crippen molar-refractivity contribution >= 4 is 15.9 Å². The number of benzene rings is 1. The van der Waals surface area contributed by atoms with E-state index in [4.69, 9.17) is 0 Å². The summed E-state index contributed by atoms with van der Waals surface area (Å²) in [4.78, 5) is 15.8. The molecule has 2 aliphatic heterocycles. The third-order valence-corrected chi connectivity index (χ3v) is 6.74. The van der Waals surface area contributed by atoms with Crippen molar-refractivity contribution in [3.63, 3.8) is 0 Å². The van der Waals surface area contributed by atoms with Gasteiger partial charge in [-0.1, -0.05) is 30.3 Å². The number of hydrogen-bond acceptors (Lipinski definition) is 3. The normalized spacial score (nSPS) is 26.6. The van der Waals surface area contributed by atoms with Gasteiger partial charge in [0.15, 0.2) is 9.84 Å². The summed E-state index contributed by atoms with van der Waals surface area (Å²) < 4.78 is 23.8. The summed E-state index contributed by atoms with van der Waals surface area (Å²) in [7, 11) is -1.23. The van der Waals surface area contributed by atoms with Crippen LogP contribution < -0.4 is 0 Å². The lowest BCUT2D eigenvalue weighted by Crippen LogP contribution is -2.40. The van der Waals surface area contributed by atoms with Gasteiger partial charge in [-0.3, -0.25) is 0 Å². The van der Waals surface area contributed by atoms with Crippen LogP contribution in [0.3, 0.4) is 0 Å². The fourth-order valence-electron chi connectivity index (χ4n) is 3.31. The largest absolute Gasteiger partial charge is 0.323 e. The molecule has 0 aliphatic carbocycles. The van der Waals surface area contributed by atoms with Crippen molar-refractivity contribution in [2.24, 2.45) is 5.92 Å².